The number of nitrogens with zero attached hydrogens (tertiary/aromatic N) is 2. The average Bonchev–Trinajstić information content (AvgIpc) is 4.01. The van der Waals surface area contributed by atoms with Gasteiger partial charge in [-0.05, 0) is 168 Å². The molecule has 2 saturated carbocycles. The van der Waals surface area contributed by atoms with Gasteiger partial charge in [-0.15, -0.1) is 0 Å². The number of nitrogens with one attached hydrogen (secondary N) is 9. The van der Waals surface area contributed by atoms with Gasteiger partial charge in [0.25, 0.3) is 5.91 Å². The second-order valence-corrected chi connectivity index (χ2v) is 27.6. The Balaban J connectivity index is 1.40. The van der Waals surface area contributed by atoms with Crippen LogP contribution in [-0.4, -0.2) is 156 Å². The van der Waals surface area contributed by atoms with Gasteiger partial charge >= 0.3 is 0 Å². The van der Waals surface area contributed by atoms with E-state index in [1.807, 2.05) is 60.5 Å². The lowest BCUT2D eigenvalue weighted by molar-refractivity contribution is -0.138. The molecule has 21 nitrogen and oxygen atoms in total. The Labute approximate surface area is 504 Å². The van der Waals surface area contributed by atoms with Crippen molar-refractivity contribution in [1.29, 1.82) is 0 Å². The number of rotatable bonds is 32. The minimum absolute atomic E-state index is 0.0881. The smallest absolute Gasteiger partial charge is 0.254 e. The van der Waals surface area contributed by atoms with Gasteiger partial charge in [-0.2, -0.15) is 0 Å². The summed E-state index contributed by atoms with van der Waals surface area (Å²) in [6.07, 6.45) is 10.6. The zero-order valence-electron chi connectivity index (χ0n) is 53.5. The van der Waals surface area contributed by atoms with E-state index in [1.54, 1.807) is 13.8 Å². The number of carbonyl (C=O) groups is 10. The third kappa shape index (κ3) is 22.6. The number of halogens is 1. The minimum Gasteiger partial charge on any atom is -0.355 e. The molecule has 22 heteroatoms. The van der Waals surface area contributed by atoms with Crippen molar-refractivity contribution in [2.75, 3.05) is 40.3 Å². The molecule has 0 spiro atoms. The third-order valence-corrected chi connectivity index (χ3v) is 16.4. The van der Waals surface area contributed by atoms with E-state index in [2.05, 4.69) is 47.9 Å². The summed E-state index contributed by atoms with van der Waals surface area (Å²) in [5.41, 5.74) is -4.26. The molecule has 1 saturated heterocycles. The first-order valence-electron chi connectivity index (χ1n) is 31.1. The highest BCUT2D eigenvalue weighted by Gasteiger charge is 2.42. The molecule has 10 amide bonds. The van der Waals surface area contributed by atoms with Gasteiger partial charge < -0.3 is 57.7 Å². The molecule has 478 valence electrons. The Morgan fingerprint density at radius 2 is 1.13 bits per heavy atom. The van der Waals surface area contributed by atoms with Gasteiger partial charge in [0, 0.05) is 38.2 Å². The topological polar surface area (TPSA) is 285 Å². The highest BCUT2D eigenvalue weighted by atomic mass is 19.1. The van der Waals surface area contributed by atoms with Crippen LogP contribution in [0.5, 0.6) is 0 Å². The van der Waals surface area contributed by atoms with Crippen LogP contribution in [-0.2, 0) is 43.2 Å². The van der Waals surface area contributed by atoms with E-state index < -0.39 is 99.8 Å². The second kappa shape index (κ2) is 32.0. The summed E-state index contributed by atoms with van der Waals surface area (Å²) in [6, 6.07) is -0.261. The van der Waals surface area contributed by atoms with Crippen LogP contribution in [0.15, 0.2) is 24.3 Å². The van der Waals surface area contributed by atoms with Gasteiger partial charge in [0.05, 0.1) is 11.0 Å². The molecule has 5 atom stereocenters. The van der Waals surface area contributed by atoms with Crippen LogP contribution in [0, 0.1) is 34.9 Å². The molecule has 0 radical (unpaired) electrons. The molecule has 1 aliphatic heterocycles. The SMILES string of the molecule is CC(C)C[C@H](NC(=O)[C@H](CC(C)C)NC(=O)C(C)(C)NC(=O)[C@H](CC(C)C)NC(=O)[C@H](CCC1CCCCC1)NC(=O)[C@@H]1CCCN1C(=O)c1ccc(F)cc1)C(=O)NC(C)(C)C(=O)NCC(C)(C)C(=O)NCCC(=O)NC1(CN(C)C)CCC1. The molecule has 9 N–H and O–H groups in total. The predicted octanol–water partition coefficient (Wildman–Crippen LogP) is 4.91. The summed E-state index contributed by atoms with van der Waals surface area (Å²) in [5, 5.41) is 25.7. The molecule has 3 aliphatic rings. The van der Waals surface area contributed by atoms with Gasteiger partial charge in [0.1, 0.15) is 47.1 Å². The number of benzene rings is 1. The van der Waals surface area contributed by atoms with E-state index in [1.165, 1.54) is 56.9 Å². The quantitative estimate of drug-likeness (QED) is 0.0468. The largest absolute Gasteiger partial charge is 0.355 e. The van der Waals surface area contributed by atoms with E-state index in [9.17, 15) is 52.3 Å². The van der Waals surface area contributed by atoms with Crippen molar-refractivity contribution in [3.8, 4) is 0 Å². The van der Waals surface area contributed by atoms with Crippen molar-refractivity contribution in [2.24, 2.45) is 29.1 Å². The van der Waals surface area contributed by atoms with Crippen molar-refractivity contribution >= 4 is 59.1 Å². The molecule has 1 heterocycles. The predicted molar refractivity (Wildman–Crippen MR) is 324 cm³/mol. The van der Waals surface area contributed by atoms with Crippen LogP contribution in [0.1, 0.15) is 196 Å². The number of likely N-dealkylation sites (tertiary alicyclic amines) is 1. The molecule has 85 heavy (non-hydrogen) atoms. The maximum absolute atomic E-state index is 14.4. The normalized spacial score (nSPS) is 17.9. The van der Waals surface area contributed by atoms with E-state index in [0.717, 1.165) is 57.9 Å². The van der Waals surface area contributed by atoms with E-state index >= 15 is 0 Å². The Kier molecular flexibility index (Phi) is 26.8. The molecular formula is C63H104FN11O10. The maximum Gasteiger partial charge on any atom is 0.254 e. The number of hydrogen-bond donors (Lipinski definition) is 9. The lowest BCUT2D eigenvalue weighted by atomic mass is 9.76. The van der Waals surface area contributed by atoms with Crippen LogP contribution >= 0.6 is 0 Å². The van der Waals surface area contributed by atoms with Crippen molar-refractivity contribution in [3.63, 3.8) is 0 Å². The highest BCUT2D eigenvalue weighted by molar-refractivity contribution is 6.00. The Bertz CT molecular complexity index is 2470. The molecule has 0 unspecified atom stereocenters. The minimum atomic E-state index is -1.65. The highest BCUT2D eigenvalue weighted by Crippen LogP contribution is 2.33. The van der Waals surface area contributed by atoms with Crippen LogP contribution in [0.2, 0.25) is 0 Å². The fourth-order valence-corrected chi connectivity index (χ4v) is 11.4. The van der Waals surface area contributed by atoms with Crippen molar-refractivity contribution < 1.29 is 52.3 Å². The molecule has 3 fully saturated rings. The average molecular weight is 1190 g/mol. The first kappa shape index (κ1) is 71.3. The van der Waals surface area contributed by atoms with Gasteiger partial charge in [-0.3, -0.25) is 47.9 Å². The van der Waals surface area contributed by atoms with E-state index in [0.29, 0.717) is 38.1 Å². The van der Waals surface area contributed by atoms with E-state index in [-0.39, 0.29) is 79.4 Å². The van der Waals surface area contributed by atoms with Crippen LogP contribution in [0.3, 0.4) is 0 Å². The Hall–Kier alpha value is -6.19. The Morgan fingerprint density at radius 1 is 0.612 bits per heavy atom. The van der Waals surface area contributed by atoms with Crippen LogP contribution in [0.25, 0.3) is 0 Å². The molecule has 0 bridgehead atoms. The van der Waals surface area contributed by atoms with Crippen LogP contribution < -0.4 is 47.9 Å². The lowest BCUT2D eigenvalue weighted by Gasteiger charge is -2.44. The molecule has 2 aliphatic carbocycles. The standard InChI is InChI=1S/C63H104FN11O10/c1-39(2)34-46(52(78)69-48(36-41(5)6)53(79)72-61(9,10)58(84)66-37-60(7,8)57(83)65-32-29-50(76)71-63(30-19-31-63)38-74(13)14)70-59(85)62(11,12)73-54(80)47(35-40(3)4)68-51(77)45(28-23-42-20-16-15-17-21-42)67-55(81)49-22-18-33-75(49)56(82)43-24-26-44(64)27-25-43/h24-27,39-42,45-49H,15-23,28-38H2,1-14H3,(H,65,83)(H,66,84)(H,67,81)(H,68,77)(H,69,78)(H,70,85)(H,71,76)(H,72,79)(H,73,80)/t45-,46-,47-,48-,49-/m0/s1. The summed E-state index contributed by atoms with van der Waals surface area (Å²) in [5.74, 6) is -5.80. The maximum atomic E-state index is 14.4. The second-order valence-electron chi connectivity index (χ2n) is 27.6. The van der Waals surface area contributed by atoms with Gasteiger partial charge in [0.2, 0.25) is 53.2 Å². The summed E-state index contributed by atoms with van der Waals surface area (Å²) >= 11 is 0. The van der Waals surface area contributed by atoms with Gasteiger partial charge in [-0.1, -0.05) is 73.6 Å². The lowest BCUT2D eigenvalue weighted by Crippen LogP contribution is -2.64. The van der Waals surface area contributed by atoms with Crippen molar-refractivity contribution in [2.45, 2.75) is 233 Å². The molecular weight excluding hydrogens is 1090 g/mol. The fourth-order valence-electron chi connectivity index (χ4n) is 11.4. The van der Waals surface area contributed by atoms with Crippen molar-refractivity contribution in [1.82, 2.24) is 57.7 Å². The molecule has 1 aromatic rings. The third-order valence-electron chi connectivity index (χ3n) is 16.4. The first-order valence-corrected chi connectivity index (χ1v) is 31.1. The summed E-state index contributed by atoms with van der Waals surface area (Å²) in [7, 11) is 3.93. The monoisotopic (exact) mass is 1190 g/mol. The number of likely N-dealkylation sites (N-methyl/N-ethyl adjacent to an activating group) is 1. The zero-order valence-corrected chi connectivity index (χ0v) is 53.5. The number of hydrogen-bond acceptors (Lipinski definition) is 11. The molecule has 1 aromatic carbocycles. The zero-order chi connectivity index (χ0) is 63.6. The summed E-state index contributed by atoms with van der Waals surface area (Å²) in [4.78, 5) is 142. The van der Waals surface area contributed by atoms with Crippen LogP contribution in [0.4, 0.5) is 4.39 Å². The summed E-state index contributed by atoms with van der Waals surface area (Å²) in [6.45, 7) is 21.6. The van der Waals surface area contributed by atoms with Gasteiger partial charge in [0.15, 0.2) is 0 Å². The summed E-state index contributed by atoms with van der Waals surface area (Å²) < 4.78 is 13.7. The number of amides is 10. The number of carbonyl (C=O) groups excluding carboxylic acids is 10. The molecule has 4 rings (SSSR count). The van der Waals surface area contributed by atoms with E-state index in [4.69, 9.17) is 0 Å². The Morgan fingerprint density at radius 3 is 1.64 bits per heavy atom. The van der Waals surface area contributed by atoms with Crippen molar-refractivity contribution in [3.05, 3.63) is 35.6 Å². The molecule has 0 aromatic heterocycles. The van der Waals surface area contributed by atoms with Gasteiger partial charge in [-0.25, -0.2) is 4.39 Å². The first-order chi connectivity index (χ1) is 39.6. The fraction of sp³-hybridized carbons (Fsp3) is 0.746.